The third-order valence-corrected chi connectivity index (χ3v) is 11.3. The van der Waals surface area contributed by atoms with E-state index in [2.05, 4.69) is 98.9 Å². The van der Waals surface area contributed by atoms with Crippen LogP contribution in [0.1, 0.15) is 206 Å². The Bertz CT molecular complexity index is 1330. The highest BCUT2D eigenvalue weighted by molar-refractivity contribution is 5.72. The van der Waals surface area contributed by atoms with Gasteiger partial charge in [-0.3, -0.25) is 9.59 Å². The summed E-state index contributed by atoms with van der Waals surface area (Å²) < 4.78 is 17.3. The van der Waals surface area contributed by atoms with E-state index in [4.69, 9.17) is 14.2 Å². The van der Waals surface area contributed by atoms with Gasteiger partial charge in [0.2, 0.25) is 0 Å². The molecule has 0 spiro atoms. The molecule has 0 aromatic carbocycles. The van der Waals surface area contributed by atoms with Gasteiger partial charge in [-0.25, -0.2) is 4.79 Å². The van der Waals surface area contributed by atoms with Crippen LogP contribution in [0.5, 0.6) is 0 Å². The van der Waals surface area contributed by atoms with E-state index in [-0.39, 0.29) is 42.7 Å². The number of carboxylic acid groups (broad SMARTS) is 1. The van der Waals surface area contributed by atoms with Gasteiger partial charge in [0, 0.05) is 19.3 Å². The molecule has 372 valence electrons. The zero-order chi connectivity index (χ0) is 47.7. The van der Waals surface area contributed by atoms with Crippen LogP contribution in [-0.2, 0) is 28.6 Å². The summed E-state index contributed by atoms with van der Waals surface area (Å²) in [5, 5.41) is 9.66. The minimum atomic E-state index is -0.887. The first-order valence-electron chi connectivity index (χ1n) is 26.1. The molecule has 0 aliphatic heterocycles. The Labute approximate surface area is 399 Å². The van der Waals surface area contributed by atoms with Crippen molar-refractivity contribution in [2.24, 2.45) is 0 Å². The Morgan fingerprint density at radius 3 is 1.34 bits per heavy atom. The monoisotopic (exact) mass is 909 g/mol. The number of carbonyl (C=O) groups excluding carboxylic acids is 2. The normalized spacial score (nSPS) is 13.6. The van der Waals surface area contributed by atoms with Crippen molar-refractivity contribution in [2.75, 3.05) is 41.0 Å². The molecule has 0 bridgehead atoms. The van der Waals surface area contributed by atoms with Gasteiger partial charge in [0.25, 0.3) is 0 Å². The van der Waals surface area contributed by atoms with Crippen molar-refractivity contribution in [1.29, 1.82) is 0 Å². The maximum atomic E-state index is 12.8. The second-order valence-electron chi connectivity index (χ2n) is 18.4. The van der Waals surface area contributed by atoms with E-state index < -0.39 is 18.1 Å². The second-order valence-corrected chi connectivity index (χ2v) is 18.4. The predicted octanol–water partition coefficient (Wildman–Crippen LogP) is 15.3. The van der Waals surface area contributed by atoms with Crippen molar-refractivity contribution in [2.45, 2.75) is 219 Å². The zero-order valence-corrected chi connectivity index (χ0v) is 42.4. The van der Waals surface area contributed by atoms with Crippen LogP contribution in [0.25, 0.3) is 0 Å². The van der Waals surface area contributed by atoms with Gasteiger partial charge in [-0.05, 0) is 83.5 Å². The molecule has 1 N–H and O–H groups in total. The predicted molar refractivity (Wildman–Crippen MR) is 275 cm³/mol. The summed E-state index contributed by atoms with van der Waals surface area (Å²) in [5.74, 6) is -1.55. The zero-order valence-electron chi connectivity index (χ0n) is 42.4. The Balaban J connectivity index is 4.35. The van der Waals surface area contributed by atoms with Crippen LogP contribution in [0, 0.1) is 0 Å². The standard InChI is InChI=1S/C57H97NO7/c1-6-8-10-12-14-16-18-20-22-24-26-28-30-31-33-35-37-39-41-43-45-47-55(59)64-52-53(51-63-50-49-54(57(61)62)58(3,4)5)65-56(60)48-46-44-42-40-38-36-34-32-29-27-25-23-21-19-17-15-13-11-9-7-2/h9,11,15,17,21,23,27-30,34,36,40,42,53-54H,6-8,10,12-14,16,18-20,22,24-26,31-33,35,37-39,41,43-52H2,1-5H3/p+1/b11-9+,17-15+,23-21+,29-27+,30-28+,36-34+,42-40+. The molecular weight excluding hydrogens is 811 g/mol. The Morgan fingerprint density at radius 1 is 0.477 bits per heavy atom. The average molecular weight is 909 g/mol. The lowest BCUT2D eigenvalue weighted by Gasteiger charge is -2.31. The van der Waals surface area contributed by atoms with E-state index in [1.165, 1.54) is 103 Å². The number of carboxylic acids is 1. The van der Waals surface area contributed by atoms with Gasteiger partial charge in [0.05, 0.1) is 34.4 Å². The first-order chi connectivity index (χ1) is 31.6. The van der Waals surface area contributed by atoms with Crippen LogP contribution in [0.4, 0.5) is 0 Å². The number of ether oxygens (including phenoxy) is 3. The third kappa shape index (κ3) is 45.5. The molecule has 0 aliphatic rings. The number of hydrogen-bond donors (Lipinski definition) is 1. The van der Waals surface area contributed by atoms with E-state index in [0.717, 1.165) is 64.2 Å². The SMILES string of the molecule is CC/C=C/C/C=C/C/C=C/C/C=C/C/C=C/C/C=C/CCCC(=O)OC(COCCC(C(=O)O)[N+](C)(C)C)COC(=O)CCCCCCCCC/C=C/CCCCCCCCCCCC. The minimum absolute atomic E-state index is 0.0325. The van der Waals surface area contributed by atoms with Gasteiger partial charge < -0.3 is 23.8 Å². The average Bonchev–Trinajstić information content (AvgIpc) is 3.27. The Hall–Kier alpha value is -3.49. The van der Waals surface area contributed by atoms with Gasteiger partial charge in [0.1, 0.15) is 6.61 Å². The number of hydrogen-bond acceptors (Lipinski definition) is 6. The lowest BCUT2D eigenvalue weighted by Crippen LogP contribution is -2.50. The molecule has 0 radical (unpaired) electrons. The summed E-state index contributed by atoms with van der Waals surface area (Å²) in [6, 6.07) is -0.631. The molecule has 0 aromatic heterocycles. The summed E-state index contributed by atoms with van der Waals surface area (Å²) in [7, 11) is 5.51. The number of aliphatic carboxylic acids is 1. The van der Waals surface area contributed by atoms with Crippen LogP contribution in [-0.4, -0.2) is 80.6 Å². The first-order valence-corrected chi connectivity index (χ1v) is 26.1. The van der Waals surface area contributed by atoms with Gasteiger partial charge in [-0.2, -0.15) is 0 Å². The third-order valence-electron chi connectivity index (χ3n) is 11.3. The first kappa shape index (κ1) is 61.5. The highest BCUT2D eigenvalue weighted by Crippen LogP contribution is 2.14. The number of rotatable bonds is 46. The number of nitrogens with zero attached hydrogens (tertiary/aromatic N) is 1. The number of esters is 2. The molecule has 0 saturated heterocycles. The molecular formula is C57H98NO7+. The number of likely N-dealkylation sites (N-methyl/N-ethyl adjacent to an activating group) is 1. The van der Waals surface area contributed by atoms with Gasteiger partial charge in [0.15, 0.2) is 12.1 Å². The van der Waals surface area contributed by atoms with Gasteiger partial charge in [-0.1, -0.05) is 189 Å². The molecule has 8 heteroatoms. The molecule has 0 aliphatic carbocycles. The molecule has 0 rings (SSSR count). The van der Waals surface area contributed by atoms with E-state index in [1.807, 2.05) is 21.1 Å². The van der Waals surface area contributed by atoms with E-state index in [1.54, 1.807) is 0 Å². The van der Waals surface area contributed by atoms with E-state index in [9.17, 15) is 19.5 Å². The molecule has 0 fully saturated rings. The van der Waals surface area contributed by atoms with Crippen molar-refractivity contribution in [3.63, 3.8) is 0 Å². The van der Waals surface area contributed by atoms with Crippen molar-refractivity contribution in [1.82, 2.24) is 0 Å². The smallest absolute Gasteiger partial charge is 0.362 e. The maximum absolute atomic E-state index is 12.8. The summed E-state index contributed by atoms with van der Waals surface area (Å²) in [6.07, 6.45) is 62.2. The van der Waals surface area contributed by atoms with Gasteiger partial charge in [-0.15, -0.1) is 0 Å². The highest BCUT2D eigenvalue weighted by Gasteiger charge is 2.31. The molecule has 2 unspecified atom stereocenters. The fourth-order valence-corrected chi connectivity index (χ4v) is 7.28. The summed E-state index contributed by atoms with van der Waals surface area (Å²) in [5.41, 5.74) is 0. The lowest BCUT2D eigenvalue weighted by molar-refractivity contribution is -0.887. The Morgan fingerprint density at radius 2 is 0.877 bits per heavy atom. The number of allylic oxidation sites excluding steroid dienone is 14. The molecule has 65 heavy (non-hydrogen) atoms. The van der Waals surface area contributed by atoms with Crippen LogP contribution >= 0.6 is 0 Å². The molecule has 0 saturated carbocycles. The quantitative estimate of drug-likeness (QED) is 0.0281. The Kier molecular flexibility index (Phi) is 44.5. The summed E-state index contributed by atoms with van der Waals surface area (Å²) in [6.45, 7) is 4.57. The largest absolute Gasteiger partial charge is 0.477 e. The summed E-state index contributed by atoms with van der Waals surface area (Å²) in [4.78, 5) is 37.2. The molecule has 0 amide bonds. The molecule has 8 nitrogen and oxygen atoms in total. The number of unbranched alkanes of at least 4 members (excludes halogenated alkanes) is 18. The highest BCUT2D eigenvalue weighted by atomic mass is 16.6. The van der Waals surface area contributed by atoms with Crippen LogP contribution in [0.2, 0.25) is 0 Å². The second kappa shape index (κ2) is 47.0. The van der Waals surface area contributed by atoms with Crippen LogP contribution in [0.3, 0.4) is 0 Å². The fourth-order valence-electron chi connectivity index (χ4n) is 7.28. The number of carbonyl (C=O) groups is 3. The van der Waals surface area contributed by atoms with Crippen LogP contribution < -0.4 is 0 Å². The van der Waals surface area contributed by atoms with E-state index >= 15 is 0 Å². The molecule has 0 heterocycles. The molecule has 0 aromatic rings. The minimum Gasteiger partial charge on any atom is -0.477 e. The van der Waals surface area contributed by atoms with Gasteiger partial charge >= 0.3 is 17.9 Å². The van der Waals surface area contributed by atoms with Crippen molar-refractivity contribution in [3.8, 4) is 0 Å². The van der Waals surface area contributed by atoms with Crippen molar-refractivity contribution >= 4 is 17.9 Å². The number of quaternary nitrogens is 1. The lowest BCUT2D eigenvalue weighted by atomic mass is 10.1. The van der Waals surface area contributed by atoms with E-state index in [0.29, 0.717) is 19.3 Å². The topological polar surface area (TPSA) is 99.1 Å². The van der Waals surface area contributed by atoms with Crippen LogP contribution in [0.15, 0.2) is 85.1 Å². The van der Waals surface area contributed by atoms with Crippen molar-refractivity contribution < 1.29 is 38.2 Å². The van der Waals surface area contributed by atoms with Crippen molar-refractivity contribution in [3.05, 3.63) is 85.1 Å². The molecule has 2 atom stereocenters. The fraction of sp³-hybridized carbons (Fsp3) is 0.702. The maximum Gasteiger partial charge on any atom is 0.362 e. The summed E-state index contributed by atoms with van der Waals surface area (Å²) >= 11 is 0.